The first-order valence-electron chi connectivity index (χ1n) is 23.4. The van der Waals surface area contributed by atoms with Gasteiger partial charge in [0.1, 0.15) is 0 Å². The van der Waals surface area contributed by atoms with E-state index in [1.807, 2.05) is 0 Å². The molecule has 7 heteroatoms. The van der Waals surface area contributed by atoms with E-state index in [9.17, 15) is 9.59 Å². The molecule has 2 saturated carbocycles. The summed E-state index contributed by atoms with van der Waals surface area (Å²) < 4.78 is 17.2. The van der Waals surface area contributed by atoms with E-state index >= 15 is 0 Å². The van der Waals surface area contributed by atoms with Gasteiger partial charge in [0, 0.05) is 6.54 Å². The summed E-state index contributed by atoms with van der Waals surface area (Å²) >= 11 is 0. The van der Waals surface area contributed by atoms with Crippen molar-refractivity contribution in [2.45, 2.75) is 218 Å². The van der Waals surface area contributed by atoms with Crippen LogP contribution in [0.2, 0.25) is 0 Å². The summed E-state index contributed by atoms with van der Waals surface area (Å²) in [5, 5.41) is 9.10. The van der Waals surface area contributed by atoms with Crippen molar-refractivity contribution >= 4 is 11.9 Å². The second-order valence-electron chi connectivity index (χ2n) is 16.7. The third-order valence-corrected chi connectivity index (χ3v) is 11.9. The van der Waals surface area contributed by atoms with Crippen LogP contribution in [-0.4, -0.2) is 74.6 Å². The van der Waals surface area contributed by atoms with Crippen molar-refractivity contribution in [3.8, 4) is 0 Å². The average Bonchev–Trinajstić information content (AvgIpc) is 3.16. The fraction of sp³-hybridized carbons (Fsp3) is 0.957. The Kier molecular flexibility index (Phi) is 33.0. The summed E-state index contributed by atoms with van der Waals surface area (Å²) in [6, 6.07) is 0. The topological polar surface area (TPSA) is 85.3 Å². The van der Waals surface area contributed by atoms with Gasteiger partial charge in [-0.1, -0.05) is 167 Å². The number of aliphatic hydroxyl groups is 1. The number of carbonyl (C=O) groups is 2. The lowest BCUT2D eigenvalue weighted by atomic mass is 9.93. The highest BCUT2D eigenvalue weighted by Crippen LogP contribution is 2.24. The second kappa shape index (κ2) is 36.5. The first-order chi connectivity index (χ1) is 26.2. The highest BCUT2D eigenvalue weighted by molar-refractivity contribution is 5.72. The quantitative estimate of drug-likeness (QED) is 0.0923. The van der Waals surface area contributed by atoms with Crippen LogP contribution in [0.5, 0.6) is 0 Å². The maximum absolute atomic E-state index is 12.9. The lowest BCUT2D eigenvalue weighted by Gasteiger charge is -2.22. The maximum Gasteiger partial charge on any atom is 0.308 e. The van der Waals surface area contributed by atoms with Crippen molar-refractivity contribution in [2.24, 2.45) is 11.8 Å². The van der Waals surface area contributed by atoms with Crippen LogP contribution < -0.4 is 0 Å². The number of hydrogen-bond donors (Lipinski definition) is 1. The minimum absolute atomic E-state index is 0.0567. The Balaban J connectivity index is 1.58. The summed E-state index contributed by atoms with van der Waals surface area (Å²) in [6.07, 6.45) is 41.3. The van der Waals surface area contributed by atoms with E-state index in [2.05, 4.69) is 4.90 Å². The summed E-state index contributed by atoms with van der Waals surface area (Å²) in [7, 11) is 0. The van der Waals surface area contributed by atoms with E-state index in [0.717, 1.165) is 122 Å². The van der Waals surface area contributed by atoms with Crippen molar-refractivity contribution in [3.05, 3.63) is 0 Å². The van der Waals surface area contributed by atoms with Crippen molar-refractivity contribution in [2.75, 3.05) is 52.7 Å². The average molecular weight is 750 g/mol. The molecule has 0 aliphatic heterocycles. The molecule has 0 atom stereocenters. The van der Waals surface area contributed by atoms with Gasteiger partial charge in [-0.05, 0) is 64.5 Å². The molecule has 312 valence electrons. The molecular weight excluding hydrogens is 663 g/mol. The Hall–Kier alpha value is -1.18. The first kappa shape index (κ1) is 48.0. The predicted molar refractivity (Wildman–Crippen MR) is 220 cm³/mol. The largest absolute Gasteiger partial charge is 0.465 e. The van der Waals surface area contributed by atoms with Crippen molar-refractivity contribution in [3.63, 3.8) is 0 Å². The Morgan fingerprint density at radius 1 is 0.396 bits per heavy atom. The maximum atomic E-state index is 12.9. The highest BCUT2D eigenvalue weighted by atomic mass is 16.5. The molecule has 2 aliphatic rings. The zero-order chi connectivity index (χ0) is 37.7. The molecule has 0 saturated heterocycles. The SMILES string of the molecule is O=C(OCCCCCCN(CCCCCCOC(=O)C1CCCCCCCCCCCCC1)CCOCCO)C1CCCCCCCCCCCCC1. The van der Waals surface area contributed by atoms with Crippen molar-refractivity contribution < 1.29 is 28.9 Å². The van der Waals surface area contributed by atoms with Gasteiger partial charge in [-0.15, -0.1) is 0 Å². The van der Waals surface area contributed by atoms with Crippen LogP contribution in [-0.2, 0) is 23.8 Å². The Bertz CT molecular complexity index is 736. The predicted octanol–water partition coefficient (Wildman–Crippen LogP) is 11.9. The minimum Gasteiger partial charge on any atom is -0.465 e. The molecule has 0 unspecified atom stereocenters. The molecule has 0 heterocycles. The molecule has 0 radical (unpaired) electrons. The number of nitrogens with zero attached hydrogens (tertiary/aromatic N) is 1. The van der Waals surface area contributed by atoms with E-state index in [1.165, 1.54) is 116 Å². The number of carbonyl (C=O) groups excluding carboxylic acids is 2. The fourth-order valence-electron chi connectivity index (χ4n) is 8.36. The van der Waals surface area contributed by atoms with Gasteiger partial charge in [0.2, 0.25) is 0 Å². The van der Waals surface area contributed by atoms with E-state index in [1.54, 1.807) is 0 Å². The molecule has 2 aliphatic carbocycles. The monoisotopic (exact) mass is 750 g/mol. The van der Waals surface area contributed by atoms with Gasteiger partial charge in [-0.25, -0.2) is 0 Å². The number of hydrogen-bond acceptors (Lipinski definition) is 7. The first-order valence-corrected chi connectivity index (χ1v) is 23.4. The lowest BCUT2D eigenvalue weighted by molar-refractivity contribution is -0.150. The highest BCUT2D eigenvalue weighted by Gasteiger charge is 2.20. The van der Waals surface area contributed by atoms with Gasteiger partial charge in [0.05, 0.1) is 44.9 Å². The zero-order valence-corrected chi connectivity index (χ0v) is 34.8. The van der Waals surface area contributed by atoms with Crippen LogP contribution >= 0.6 is 0 Å². The van der Waals surface area contributed by atoms with Crippen LogP contribution in [0.3, 0.4) is 0 Å². The number of unbranched alkanes of at least 4 members (excludes halogenated alkanes) is 6. The summed E-state index contributed by atoms with van der Waals surface area (Å²) in [4.78, 5) is 28.4. The summed E-state index contributed by atoms with van der Waals surface area (Å²) in [5.41, 5.74) is 0. The number of aliphatic hydroxyl groups excluding tert-OH is 1. The number of rotatable bonds is 21. The molecule has 2 fully saturated rings. The minimum atomic E-state index is 0.0567. The molecule has 1 N–H and O–H groups in total. The number of esters is 2. The van der Waals surface area contributed by atoms with Crippen LogP contribution in [0.15, 0.2) is 0 Å². The Labute approximate surface area is 327 Å². The van der Waals surface area contributed by atoms with E-state index in [4.69, 9.17) is 19.3 Å². The van der Waals surface area contributed by atoms with Gasteiger partial charge in [-0.2, -0.15) is 0 Å². The van der Waals surface area contributed by atoms with Crippen LogP contribution in [0.1, 0.15) is 218 Å². The van der Waals surface area contributed by atoms with Crippen molar-refractivity contribution in [1.82, 2.24) is 4.90 Å². The lowest BCUT2D eigenvalue weighted by Crippen LogP contribution is -2.30. The third-order valence-electron chi connectivity index (χ3n) is 11.9. The van der Waals surface area contributed by atoms with Crippen LogP contribution in [0, 0.1) is 11.8 Å². The molecule has 2 rings (SSSR count). The summed E-state index contributed by atoms with van der Waals surface area (Å²) in [5.74, 6) is 0.315. The molecule has 0 amide bonds. The third kappa shape index (κ3) is 28.8. The van der Waals surface area contributed by atoms with E-state index in [-0.39, 0.29) is 30.4 Å². The van der Waals surface area contributed by atoms with Crippen LogP contribution in [0.4, 0.5) is 0 Å². The molecule has 0 bridgehead atoms. The van der Waals surface area contributed by atoms with Crippen molar-refractivity contribution in [1.29, 1.82) is 0 Å². The van der Waals surface area contributed by atoms with Gasteiger partial charge in [-0.3, -0.25) is 9.59 Å². The zero-order valence-electron chi connectivity index (χ0n) is 34.8. The van der Waals surface area contributed by atoms with Crippen LogP contribution in [0.25, 0.3) is 0 Å². The second-order valence-corrected chi connectivity index (χ2v) is 16.7. The molecule has 0 aromatic carbocycles. The van der Waals surface area contributed by atoms with Gasteiger partial charge < -0.3 is 24.2 Å². The Morgan fingerprint density at radius 2 is 0.717 bits per heavy atom. The van der Waals surface area contributed by atoms with Gasteiger partial charge in [0.15, 0.2) is 0 Å². The Morgan fingerprint density at radius 3 is 1.06 bits per heavy atom. The molecule has 53 heavy (non-hydrogen) atoms. The normalized spacial score (nSPS) is 19.3. The molecule has 0 spiro atoms. The van der Waals surface area contributed by atoms with Gasteiger partial charge >= 0.3 is 11.9 Å². The molecule has 7 nitrogen and oxygen atoms in total. The van der Waals surface area contributed by atoms with Gasteiger partial charge in [0.25, 0.3) is 0 Å². The van der Waals surface area contributed by atoms with E-state index in [0.29, 0.717) is 26.4 Å². The van der Waals surface area contributed by atoms with E-state index < -0.39 is 0 Å². The molecule has 0 aromatic heterocycles. The standard InChI is InChI=1S/C46H87NO6/c48-38-42-51-41-37-47(35-27-19-21-29-39-52-45(49)43-31-23-15-11-7-3-1-4-8-12-16-24-32-43)36-28-20-22-30-40-53-46(50)44-33-25-17-13-9-5-2-6-10-14-18-26-34-44/h43-44,48H,1-42H2. The fourth-order valence-corrected chi connectivity index (χ4v) is 8.36. The number of ether oxygens (including phenoxy) is 3. The molecular formula is C46H87NO6. The smallest absolute Gasteiger partial charge is 0.308 e. The molecule has 0 aromatic rings. The summed E-state index contributed by atoms with van der Waals surface area (Å²) in [6.45, 7) is 5.21.